The number of aryl methyl sites for hydroxylation is 1. The zero-order valence-electron chi connectivity index (χ0n) is 14.7. The summed E-state index contributed by atoms with van der Waals surface area (Å²) in [5.41, 5.74) is 0.870. The average molecular weight is 379 g/mol. The predicted octanol–water partition coefficient (Wildman–Crippen LogP) is 1.03. The van der Waals surface area contributed by atoms with E-state index in [1.165, 1.54) is 4.80 Å². The van der Waals surface area contributed by atoms with Crippen LogP contribution in [0.2, 0.25) is 0 Å². The number of rotatable bonds is 4. The number of nitrogens with one attached hydrogen (secondary N) is 1. The number of likely N-dealkylation sites (tertiary alicyclic amines) is 1. The number of tetrazole rings is 1. The molecule has 0 aliphatic carbocycles. The number of hydrogen-bond donors (Lipinski definition) is 1. The molecule has 2 fully saturated rings. The van der Waals surface area contributed by atoms with Gasteiger partial charge in [-0.25, -0.2) is 0 Å². The normalized spacial score (nSPS) is 20.9. The van der Waals surface area contributed by atoms with Gasteiger partial charge in [-0.05, 0) is 55.4 Å². The van der Waals surface area contributed by atoms with Crippen molar-refractivity contribution in [2.45, 2.75) is 31.4 Å². The van der Waals surface area contributed by atoms with Gasteiger partial charge in [0.05, 0.1) is 7.05 Å². The third kappa shape index (κ3) is 3.81. The number of piperidine rings is 1. The number of hydrogen-bond acceptors (Lipinski definition) is 6. The van der Waals surface area contributed by atoms with Gasteiger partial charge in [0.2, 0.25) is 5.82 Å². The van der Waals surface area contributed by atoms with Crippen LogP contribution in [0.3, 0.4) is 0 Å². The van der Waals surface area contributed by atoms with Crippen LogP contribution in [0.5, 0.6) is 5.75 Å². The van der Waals surface area contributed by atoms with Crippen molar-refractivity contribution >= 4 is 18.3 Å². The van der Waals surface area contributed by atoms with Gasteiger partial charge in [0.1, 0.15) is 5.75 Å². The van der Waals surface area contributed by atoms with E-state index in [2.05, 4.69) is 20.7 Å². The minimum atomic E-state index is -0.379. The number of aromatic nitrogens is 4. The summed E-state index contributed by atoms with van der Waals surface area (Å²) < 4.78 is 5.94. The molecule has 1 aromatic heterocycles. The Morgan fingerprint density at radius 3 is 2.54 bits per heavy atom. The SMILES string of the molecule is Cl.Cn1nnc(-c2ccc(OC3CCN(C4CCNCC4)C3=O)cc2)n1. The molecule has 1 aromatic carbocycles. The van der Waals surface area contributed by atoms with E-state index in [0.717, 1.165) is 44.5 Å². The van der Waals surface area contributed by atoms with Crippen LogP contribution in [0.4, 0.5) is 0 Å². The molecule has 1 N–H and O–H groups in total. The first-order chi connectivity index (χ1) is 12.2. The van der Waals surface area contributed by atoms with Gasteiger partial charge in [-0.2, -0.15) is 4.80 Å². The number of amides is 1. The molecule has 0 spiro atoms. The van der Waals surface area contributed by atoms with Crippen molar-refractivity contribution in [2.24, 2.45) is 7.05 Å². The van der Waals surface area contributed by atoms with Gasteiger partial charge in [-0.15, -0.1) is 22.6 Å². The zero-order chi connectivity index (χ0) is 17.2. The van der Waals surface area contributed by atoms with E-state index < -0.39 is 0 Å². The highest BCUT2D eigenvalue weighted by atomic mass is 35.5. The second kappa shape index (κ2) is 8.01. The summed E-state index contributed by atoms with van der Waals surface area (Å²) in [5, 5.41) is 15.3. The summed E-state index contributed by atoms with van der Waals surface area (Å²) in [6.45, 7) is 2.76. The fourth-order valence-electron chi connectivity index (χ4n) is 3.51. The molecule has 2 saturated heterocycles. The van der Waals surface area contributed by atoms with Crippen molar-refractivity contribution in [1.82, 2.24) is 30.4 Å². The second-order valence-corrected chi connectivity index (χ2v) is 6.53. The third-order valence-corrected chi connectivity index (χ3v) is 4.84. The highest BCUT2D eigenvalue weighted by Crippen LogP contribution is 2.25. The van der Waals surface area contributed by atoms with Crippen molar-refractivity contribution in [3.8, 4) is 17.1 Å². The molecule has 2 aliphatic rings. The molecule has 1 amide bonds. The molecule has 0 saturated carbocycles. The largest absolute Gasteiger partial charge is 0.481 e. The van der Waals surface area contributed by atoms with Crippen LogP contribution in [-0.4, -0.2) is 62.8 Å². The Kier molecular flexibility index (Phi) is 5.73. The Balaban J connectivity index is 0.00000196. The van der Waals surface area contributed by atoms with Gasteiger partial charge < -0.3 is 15.0 Å². The lowest BCUT2D eigenvalue weighted by Gasteiger charge is -2.31. The van der Waals surface area contributed by atoms with Crippen molar-refractivity contribution in [1.29, 1.82) is 0 Å². The van der Waals surface area contributed by atoms with Crippen molar-refractivity contribution in [2.75, 3.05) is 19.6 Å². The summed E-state index contributed by atoms with van der Waals surface area (Å²) in [6, 6.07) is 7.83. The van der Waals surface area contributed by atoms with E-state index in [1.807, 2.05) is 29.2 Å². The maximum atomic E-state index is 12.6. The van der Waals surface area contributed by atoms with Gasteiger partial charge >= 0.3 is 0 Å². The predicted molar refractivity (Wildman–Crippen MR) is 98.1 cm³/mol. The standard InChI is InChI=1S/C17H22N6O2.ClH/c1-22-20-16(19-21-22)12-2-4-14(5-3-12)25-15-8-11-23(17(15)24)13-6-9-18-10-7-13;/h2-5,13,15,18H,6-11H2,1H3;1H. The molecule has 1 unspecified atom stereocenters. The van der Waals surface area contributed by atoms with E-state index in [9.17, 15) is 4.79 Å². The molecule has 26 heavy (non-hydrogen) atoms. The first kappa shape index (κ1) is 18.6. The Labute approximate surface area is 158 Å². The Morgan fingerprint density at radius 1 is 1.15 bits per heavy atom. The van der Waals surface area contributed by atoms with Gasteiger partial charge in [0, 0.05) is 24.6 Å². The molecule has 9 heteroatoms. The van der Waals surface area contributed by atoms with Gasteiger partial charge in [-0.3, -0.25) is 4.79 Å². The molecule has 4 rings (SSSR count). The van der Waals surface area contributed by atoms with E-state index in [-0.39, 0.29) is 24.4 Å². The number of halogens is 1. The number of nitrogens with zero attached hydrogens (tertiary/aromatic N) is 5. The molecule has 140 valence electrons. The van der Waals surface area contributed by atoms with Crippen LogP contribution in [0.15, 0.2) is 24.3 Å². The second-order valence-electron chi connectivity index (χ2n) is 6.53. The summed E-state index contributed by atoms with van der Waals surface area (Å²) >= 11 is 0. The molecule has 1 atom stereocenters. The summed E-state index contributed by atoms with van der Waals surface area (Å²) in [5.74, 6) is 1.38. The number of ether oxygens (including phenoxy) is 1. The number of carbonyl (C=O) groups excluding carboxylic acids is 1. The first-order valence-electron chi connectivity index (χ1n) is 8.73. The van der Waals surface area contributed by atoms with Crippen LogP contribution >= 0.6 is 12.4 Å². The molecule has 0 bridgehead atoms. The summed E-state index contributed by atoms with van der Waals surface area (Å²) in [6.07, 6.45) is 2.42. The van der Waals surface area contributed by atoms with Crippen LogP contribution in [0, 0.1) is 0 Å². The Hall–Kier alpha value is -2.19. The molecule has 2 aromatic rings. The monoisotopic (exact) mass is 378 g/mol. The highest BCUT2D eigenvalue weighted by Gasteiger charge is 2.37. The van der Waals surface area contributed by atoms with Gasteiger partial charge in [0.15, 0.2) is 6.10 Å². The van der Waals surface area contributed by atoms with Crippen molar-refractivity contribution < 1.29 is 9.53 Å². The van der Waals surface area contributed by atoms with E-state index in [4.69, 9.17) is 4.74 Å². The van der Waals surface area contributed by atoms with Gasteiger partial charge in [-0.1, -0.05) is 0 Å². The van der Waals surface area contributed by atoms with Crippen LogP contribution in [-0.2, 0) is 11.8 Å². The van der Waals surface area contributed by atoms with Crippen LogP contribution < -0.4 is 10.1 Å². The summed E-state index contributed by atoms with van der Waals surface area (Å²) in [7, 11) is 1.73. The van der Waals surface area contributed by atoms with E-state index in [1.54, 1.807) is 7.05 Å². The van der Waals surface area contributed by atoms with Crippen molar-refractivity contribution in [3.63, 3.8) is 0 Å². The maximum Gasteiger partial charge on any atom is 0.263 e. The van der Waals surface area contributed by atoms with Crippen LogP contribution in [0.25, 0.3) is 11.4 Å². The van der Waals surface area contributed by atoms with Gasteiger partial charge in [0.25, 0.3) is 5.91 Å². The molecular weight excluding hydrogens is 356 g/mol. The van der Waals surface area contributed by atoms with E-state index >= 15 is 0 Å². The number of benzene rings is 1. The fraction of sp³-hybridized carbons (Fsp3) is 0.529. The first-order valence-corrected chi connectivity index (χ1v) is 8.73. The number of carbonyl (C=O) groups is 1. The summed E-state index contributed by atoms with van der Waals surface area (Å²) in [4.78, 5) is 16.1. The Bertz CT molecular complexity index is 744. The minimum absolute atomic E-state index is 0. The Morgan fingerprint density at radius 2 is 1.88 bits per heavy atom. The topological polar surface area (TPSA) is 85.2 Å². The average Bonchev–Trinajstić information content (AvgIpc) is 3.23. The van der Waals surface area contributed by atoms with E-state index in [0.29, 0.717) is 17.6 Å². The quantitative estimate of drug-likeness (QED) is 0.855. The fourth-order valence-corrected chi connectivity index (χ4v) is 3.51. The third-order valence-electron chi connectivity index (χ3n) is 4.84. The molecule has 2 aliphatic heterocycles. The molecule has 0 radical (unpaired) electrons. The van der Waals surface area contributed by atoms with Crippen molar-refractivity contribution in [3.05, 3.63) is 24.3 Å². The minimum Gasteiger partial charge on any atom is -0.481 e. The smallest absolute Gasteiger partial charge is 0.263 e. The lowest BCUT2D eigenvalue weighted by molar-refractivity contribution is -0.135. The molecular formula is C17H23ClN6O2. The highest BCUT2D eigenvalue weighted by molar-refractivity contribution is 5.85. The molecule has 8 nitrogen and oxygen atoms in total. The molecule has 3 heterocycles. The lowest BCUT2D eigenvalue weighted by atomic mass is 10.1. The van der Waals surface area contributed by atoms with Crippen LogP contribution in [0.1, 0.15) is 19.3 Å². The maximum absolute atomic E-state index is 12.6. The zero-order valence-corrected chi connectivity index (χ0v) is 15.5. The lowest BCUT2D eigenvalue weighted by Crippen LogP contribution is -2.45.